The fraction of sp³-hybridized carbons (Fsp3) is 0.600. The van der Waals surface area contributed by atoms with Crippen molar-refractivity contribution in [1.29, 1.82) is 0 Å². The van der Waals surface area contributed by atoms with E-state index in [2.05, 4.69) is 0 Å². The lowest BCUT2D eigenvalue weighted by atomic mass is 10.1. The number of nitrogens with zero attached hydrogens (tertiary/aromatic N) is 2. The van der Waals surface area contributed by atoms with Crippen LogP contribution >= 0.6 is 0 Å². The molecular weight excluding hydrogens is 272 g/mol. The molecule has 1 amide bonds. The molecule has 2 heterocycles. The van der Waals surface area contributed by atoms with Gasteiger partial charge in [0.15, 0.2) is 0 Å². The zero-order chi connectivity index (χ0) is 15.2. The van der Waals surface area contributed by atoms with Gasteiger partial charge in [-0.1, -0.05) is 6.92 Å². The van der Waals surface area contributed by atoms with Crippen molar-refractivity contribution in [1.82, 2.24) is 9.80 Å². The van der Waals surface area contributed by atoms with Crippen LogP contribution in [0.3, 0.4) is 0 Å². The highest BCUT2D eigenvalue weighted by atomic mass is 16.4. The molecule has 0 saturated carbocycles. The Hall–Kier alpha value is -1.82. The number of rotatable bonds is 7. The van der Waals surface area contributed by atoms with Gasteiger partial charge in [0.25, 0.3) is 0 Å². The van der Waals surface area contributed by atoms with Gasteiger partial charge >= 0.3 is 5.97 Å². The maximum atomic E-state index is 12.2. The molecule has 6 heteroatoms. The molecule has 1 fully saturated rings. The van der Waals surface area contributed by atoms with E-state index in [1.165, 1.54) is 0 Å². The zero-order valence-electron chi connectivity index (χ0n) is 12.3. The van der Waals surface area contributed by atoms with Crippen LogP contribution in [0.4, 0.5) is 0 Å². The van der Waals surface area contributed by atoms with Gasteiger partial charge in [0, 0.05) is 19.6 Å². The first-order valence-corrected chi connectivity index (χ1v) is 7.31. The van der Waals surface area contributed by atoms with Gasteiger partial charge in [0.1, 0.15) is 5.76 Å². The topological polar surface area (TPSA) is 74.0 Å². The summed E-state index contributed by atoms with van der Waals surface area (Å²) in [5.74, 6) is -0.571. The zero-order valence-corrected chi connectivity index (χ0v) is 12.3. The molecule has 1 aliphatic heterocycles. The van der Waals surface area contributed by atoms with E-state index in [1.54, 1.807) is 19.3 Å². The summed E-state index contributed by atoms with van der Waals surface area (Å²) in [4.78, 5) is 27.0. The average Bonchev–Trinajstić information content (AvgIpc) is 3.11. The number of aliphatic carboxylic acids is 1. The summed E-state index contributed by atoms with van der Waals surface area (Å²) in [5.41, 5.74) is 0. The lowest BCUT2D eigenvalue weighted by Crippen LogP contribution is -2.41. The third-order valence-corrected chi connectivity index (χ3v) is 3.73. The van der Waals surface area contributed by atoms with E-state index >= 15 is 0 Å². The van der Waals surface area contributed by atoms with E-state index in [4.69, 9.17) is 9.52 Å². The molecule has 0 bridgehead atoms. The second-order valence-electron chi connectivity index (χ2n) is 5.58. The molecule has 1 unspecified atom stereocenters. The molecule has 1 N–H and O–H groups in total. The first-order chi connectivity index (χ1) is 10.1. The first-order valence-electron chi connectivity index (χ1n) is 7.31. The molecular formula is C15H22N2O4. The Kier molecular flexibility index (Phi) is 5.38. The van der Waals surface area contributed by atoms with Gasteiger partial charge in [0.05, 0.1) is 25.3 Å². The van der Waals surface area contributed by atoms with Crippen molar-refractivity contribution in [2.24, 2.45) is 5.92 Å². The van der Waals surface area contributed by atoms with Crippen molar-refractivity contribution in [3.05, 3.63) is 24.2 Å². The summed E-state index contributed by atoms with van der Waals surface area (Å²) in [7, 11) is 0. The van der Waals surface area contributed by atoms with Crippen LogP contribution in [0, 0.1) is 5.92 Å². The summed E-state index contributed by atoms with van der Waals surface area (Å²) in [6, 6.07) is 3.62. The van der Waals surface area contributed by atoms with Crippen LogP contribution in [0.1, 0.15) is 25.5 Å². The van der Waals surface area contributed by atoms with Crippen molar-refractivity contribution in [2.75, 3.05) is 26.2 Å². The molecule has 6 nitrogen and oxygen atoms in total. The molecule has 0 spiro atoms. The first kappa shape index (κ1) is 15.6. The van der Waals surface area contributed by atoms with Crippen molar-refractivity contribution >= 4 is 11.9 Å². The van der Waals surface area contributed by atoms with Gasteiger partial charge in [0.2, 0.25) is 5.91 Å². The van der Waals surface area contributed by atoms with Crippen LogP contribution in [-0.2, 0) is 16.1 Å². The molecule has 1 aromatic rings. The second-order valence-corrected chi connectivity index (χ2v) is 5.58. The summed E-state index contributed by atoms with van der Waals surface area (Å²) >= 11 is 0. The number of carbonyl (C=O) groups is 2. The Morgan fingerprint density at radius 1 is 1.43 bits per heavy atom. The van der Waals surface area contributed by atoms with Gasteiger partial charge < -0.3 is 14.4 Å². The number of furan rings is 1. The molecule has 116 valence electrons. The standard InChI is InChI=1S/C15H22N2O4/c1-12(15(19)20)9-16(10-13-5-4-8-21-13)11-14(18)17-6-2-3-7-17/h4-5,8,12H,2-3,6-7,9-11H2,1H3,(H,19,20). The van der Waals surface area contributed by atoms with Crippen LogP contribution in [0.5, 0.6) is 0 Å². The second kappa shape index (κ2) is 7.26. The number of carboxylic acids is 1. The monoisotopic (exact) mass is 294 g/mol. The minimum Gasteiger partial charge on any atom is -0.481 e. The van der Waals surface area contributed by atoms with E-state index in [-0.39, 0.29) is 12.5 Å². The van der Waals surface area contributed by atoms with Gasteiger partial charge in [-0.15, -0.1) is 0 Å². The molecule has 0 aromatic carbocycles. The van der Waals surface area contributed by atoms with Crippen LogP contribution in [-0.4, -0.2) is 53.0 Å². The summed E-state index contributed by atoms with van der Waals surface area (Å²) in [6.07, 6.45) is 3.68. The van der Waals surface area contributed by atoms with Crippen LogP contribution in [0.25, 0.3) is 0 Å². The van der Waals surface area contributed by atoms with E-state index in [1.807, 2.05) is 15.9 Å². The van der Waals surface area contributed by atoms with Crippen molar-refractivity contribution < 1.29 is 19.1 Å². The Labute approximate surface area is 124 Å². The van der Waals surface area contributed by atoms with E-state index in [9.17, 15) is 9.59 Å². The molecule has 0 radical (unpaired) electrons. The molecule has 1 aliphatic rings. The predicted octanol–water partition coefficient (Wildman–Crippen LogP) is 1.42. The molecule has 1 saturated heterocycles. The summed E-state index contributed by atoms with van der Waals surface area (Å²) in [5, 5.41) is 9.06. The summed E-state index contributed by atoms with van der Waals surface area (Å²) < 4.78 is 5.30. The Morgan fingerprint density at radius 2 is 2.14 bits per heavy atom. The quantitative estimate of drug-likeness (QED) is 0.823. The van der Waals surface area contributed by atoms with Crippen LogP contribution in [0.2, 0.25) is 0 Å². The maximum absolute atomic E-state index is 12.2. The summed E-state index contributed by atoms with van der Waals surface area (Å²) in [6.45, 7) is 4.28. The largest absolute Gasteiger partial charge is 0.481 e. The average molecular weight is 294 g/mol. The van der Waals surface area contributed by atoms with Gasteiger partial charge in [-0.05, 0) is 25.0 Å². The number of carboxylic acid groups (broad SMARTS) is 1. The maximum Gasteiger partial charge on any atom is 0.307 e. The lowest BCUT2D eigenvalue weighted by molar-refractivity contribution is -0.142. The Balaban J connectivity index is 1.96. The fourth-order valence-electron chi connectivity index (χ4n) is 2.53. The Morgan fingerprint density at radius 3 is 2.71 bits per heavy atom. The van der Waals surface area contributed by atoms with Crippen molar-refractivity contribution in [2.45, 2.75) is 26.3 Å². The molecule has 0 aliphatic carbocycles. The van der Waals surface area contributed by atoms with E-state index in [0.29, 0.717) is 13.1 Å². The molecule has 2 rings (SSSR count). The lowest BCUT2D eigenvalue weighted by Gasteiger charge is -2.25. The van der Waals surface area contributed by atoms with E-state index in [0.717, 1.165) is 31.7 Å². The van der Waals surface area contributed by atoms with Crippen LogP contribution < -0.4 is 0 Å². The molecule has 21 heavy (non-hydrogen) atoms. The number of hydrogen-bond acceptors (Lipinski definition) is 4. The predicted molar refractivity (Wildman–Crippen MR) is 76.6 cm³/mol. The normalized spacial score (nSPS) is 16.4. The van der Waals surface area contributed by atoms with Crippen molar-refractivity contribution in [3.8, 4) is 0 Å². The third-order valence-electron chi connectivity index (χ3n) is 3.73. The van der Waals surface area contributed by atoms with Gasteiger partial charge in [-0.3, -0.25) is 14.5 Å². The highest BCUT2D eigenvalue weighted by Gasteiger charge is 2.23. The molecule has 1 aromatic heterocycles. The Bertz CT molecular complexity index is 466. The van der Waals surface area contributed by atoms with Gasteiger partial charge in [-0.2, -0.15) is 0 Å². The highest BCUT2D eigenvalue weighted by Crippen LogP contribution is 2.12. The van der Waals surface area contributed by atoms with Crippen LogP contribution in [0.15, 0.2) is 22.8 Å². The minimum absolute atomic E-state index is 0.0663. The SMILES string of the molecule is CC(CN(CC(=O)N1CCCC1)Cc1ccco1)C(=O)O. The number of amides is 1. The number of hydrogen-bond donors (Lipinski definition) is 1. The smallest absolute Gasteiger partial charge is 0.307 e. The van der Waals surface area contributed by atoms with Gasteiger partial charge in [-0.25, -0.2) is 0 Å². The van der Waals surface area contributed by atoms with E-state index < -0.39 is 11.9 Å². The number of carbonyl (C=O) groups excluding carboxylic acids is 1. The highest BCUT2D eigenvalue weighted by molar-refractivity contribution is 5.78. The minimum atomic E-state index is -0.854. The fourth-order valence-corrected chi connectivity index (χ4v) is 2.53. The third kappa shape index (κ3) is 4.60. The molecule has 1 atom stereocenters. The van der Waals surface area contributed by atoms with Crippen molar-refractivity contribution in [3.63, 3.8) is 0 Å². The number of likely N-dealkylation sites (tertiary alicyclic amines) is 1.